The Kier molecular flexibility index (Phi) is 4.30. The summed E-state index contributed by atoms with van der Waals surface area (Å²) in [7, 11) is 0. The molecule has 1 fully saturated rings. The number of anilines is 1. The first kappa shape index (κ1) is 13.9. The van der Waals surface area contributed by atoms with Crippen LogP contribution in [0.25, 0.3) is 0 Å². The van der Waals surface area contributed by atoms with Gasteiger partial charge in [0.2, 0.25) is 0 Å². The molecule has 1 aliphatic carbocycles. The smallest absolute Gasteiger partial charge is 0.0401 e. The first-order valence-corrected chi connectivity index (χ1v) is 8.36. The highest BCUT2D eigenvalue weighted by atomic mass is 15.1. The molecule has 1 saturated heterocycles. The topological polar surface area (TPSA) is 15.3 Å². The lowest BCUT2D eigenvalue weighted by Crippen LogP contribution is -2.43. The summed E-state index contributed by atoms with van der Waals surface area (Å²) in [5.74, 6) is 0. The molecule has 0 spiro atoms. The van der Waals surface area contributed by atoms with E-state index in [0.29, 0.717) is 12.1 Å². The predicted molar refractivity (Wildman–Crippen MR) is 86.6 cm³/mol. The number of hydrogen-bond donors (Lipinski definition) is 1. The Labute approximate surface area is 123 Å². The molecule has 3 rings (SSSR count). The molecule has 2 atom stereocenters. The largest absolute Gasteiger partial charge is 0.371 e. The number of rotatable bonds is 1. The molecule has 2 heteroatoms. The molecule has 0 bridgehead atoms. The molecular weight excluding hydrogens is 244 g/mol. The number of aryl methyl sites for hydroxylation is 1. The van der Waals surface area contributed by atoms with Crippen molar-refractivity contribution in [2.45, 2.75) is 64.5 Å². The SMILES string of the molecule is CC1CCN(c2cccc3c2CCCC3)CCC(C)N1. The maximum Gasteiger partial charge on any atom is 0.0401 e. The summed E-state index contributed by atoms with van der Waals surface area (Å²) in [6.07, 6.45) is 7.79. The van der Waals surface area contributed by atoms with Gasteiger partial charge < -0.3 is 10.2 Å². The van der Waals surface area contributed by atoms with Crippen LogP contribution in [-0.2, 0) is 12.8 Å². The lowest BCUT2D eigenvalue weighted by Gasteiger charge is -2.34. The molecular formula is C18H28N2. The van der Waals surface area contributed by atoms with Gasteiger partial charge in [-0.1, -0.05) is 12.1 Å². The highest BCUT2D eigenvalue weighted by Gasteiger charge is 2.20. The van der Waals surface area contributed by atoms with Crippen LogP contribution < -0.4 is 10.2 Å². The first-order valence-electron chi connectivity index (χ1n) is 8.36. The summed E-state index contributed by atoms with van der Waals surface area (Å²) >= 11 is 0. The van der Waals surface area contributed by atoms with Crippen LogP contribution in [0.4, 0.5) is 5.69 Å². The van der Waals surface area contributed by atoms with Gasteiger partial charge in [0, 0.05) is 30.9 Å². The molecule has 1 N–H and O–H groups in total. The zero-order valence-corrected chi connectivity index (χ0v) is 13.0. The lowest BCUT2D eigenvalue weighted by molar-refractivity contribution is 0.404. The Morgan fingerprint density at radius 2 is 1.70 bits per heavy atom. The van der Waals surface area contributed by atoms with E-state index in [1.807, 2.05) is 0 Å². The minimum absolute atomic E-state index is 0.632. The van der Waals surface area contributed by atoms with Crippen molar-refractivity contribution in [2.75, 3.05) is 18.0 Å². The standard InChI is InChI=1S/C18H28N2/c1-14-10-12-20(13-11-15(2)19-14)18-9-5-7-16-6-3-4-8-17(16)18/h5,7,9,14-15,19H,3-4,6,8,10-13H2,1-2H3. The quantitative estimate of drug-likeness (QED) is 0.841. The van der Waals surface area contributed by atoms with Crippen molar-refractivity contribution in [3.8, 4) is 0 Å². The normalized spacial score (nSPS) is 27.6. The monoisotopic (exact) mass is 272 g/mol. The number of hydrogen-bond acceptors (Lipinski definition) is 2. The van der Waals surface area contributed by atoms with E-state index in [1.54, 1.807) is 11.1 Å². The van der Waals surface area contributed by atoms with Gasteiger partial charge in [-0.05, 0) is 69.6 Å². The lowest BCUT2D eigenvalue weighted by atomic mass is 9.90. The fraction of sp³-hybridized carbons (Fsp3) is 0.667. The second-order valence-corrected chi connectivity index (χ2v) is 6.66. The van der Waals surface area contributed by atoms with Gasteiger partial charge in [0.05, 0.1) is 0 Å². The van der Waals surface area contributed by atoms with Crippen molar-refractivity contribution in [1.82, 2.24) is 5.32 Å². The highest BCUT2D eigenvalue weighted by Crippen LogP contribution is 2.31. The van der Waals surface area contributed by atoms with E-state index in [-0.39, 0.29) is 0 Å². The van der Waals surface area contributed by atoms with Gasteiger partial charge in [-0.25, -0.2) is 0 Å². The van der Waals surface area contributed by atoms with Crippen LogP contribution in [0.15, 0.2) is 18.2 Å². The Morgan fingerprint density at radius 3 is 2.45 bits per heavy atom. The van der Waals surface area contributed by atoms with Gasteiger partial charge in [0.25, 0.3) is 0 Å². The van der Waals surface area contributed by atoms with E-state index in [9.17, 15) is 0 Å². The molecule has 1 heterocycles. The molecule has 0 radical (unpaired) electrons. The first-order chi connectivity index (χ1) is 9.74. The van der Waals surface area contributed by atoms with Gasteiger partial charge in [-0.2, -0.15) is 0 Å². The molecule has 0 amide bonds. The molecule has 1 aromatic rings. The van der Waals surface area contributed by atoms with Crippen molar-refractivity contribution in [3.05, 3.63) is 29.3 Å². The van der Waals surface area contributed by atoms with Crippen molar-refractivity contribution in [2.24, 2.45) is 0 Å². The van der Waals surface area contributed by atoms with E-state index < -0.39 is 0 Å². The van der Waals surface area contributed by atoms with Crippen molar-refractivity contribution < 1.29 is 0 Å². The van der Waals surface area contributed by atoms with Crippen LogP contribution in [0.1, 0.15) is 50.7 Å². The van der Waals surface area contributed by atoms with E-state index in [2.05, 4.69) is 42.3 Å². The minimum Gasteiger partial charge on any atom is -0.371 e. The molecule has 2 nitrogen and oxygen atoms in total. The summed E-state index contributed by atoms with van der Waals surface area (Å²) in [5.41, 5.74) is 4.78. The van der Waals surface area contributed by atoms with Gasteiger partial charge in [-0.15, -0.1) is 0 Å². The molecule has 2 unspecified atom stereocenters. The fourth-order valence-corrected chi connectivity index (χ4v) is 3.76. The second-order valence-electron chi connectivity index (χ2n) is 6.66. The van der Waals surface area contributed by atoms with E-state index in [0.717, 1.165) is 0 Å². The summed E-state index contributed by atoms with van der Waals surface area (Å²) < 4.78 is 0. The zero-order chi connectivity index (χ0) is 13.9. The third kappa shape index (κ3) is 3.01. The average molecular weight is 272 g/mol. The maximum absolute atomic E-state index is 3.69. The number of nitrogens with one attached hydrogen (secondary N) is 1. The zero-order valence-electron chi connectivity index (χ0n) is 13.0. The van der Waals surface area contributed by atoms with Crippen molar-refractivity contribution >= 4 is 5.69 Å². The number of nitrogens with zero attached hydrogens (tertiary/aromatic N) is 1. The van der Waals surface area contributed by atoms with Crippen LogP contribution in [-0.4, -0.2) is 25.2 Å². The second kappa shape index (κ2) is 6.17. The summed E-state index contributed by atoms with van der Waals surface area (Å²) in [6.45, 7) is 7.02. The molecule has 20 heavy (non-hydrogen) atoms. The Bertz CT molecular complexity index is 443. The van der Waals surface area contributed by atoms with E-state index in [4.69, 9.17) is 0 Å². The number of benzene rings is 1. The molecule has 2 aliphatic rings. The molecule has 0 saturated carbocycles. The molecule has 0 aromatic heterocycles. The van der Waals surface area contributed by atoms with Gasteiger partial charge in [-0.3, -0.25) is 0 Å². The van der Waals surface area contributed by atoms with E-state index >= 15 is 0 Å². The summed E-state index contributed by atoms with van der Waals surface area (Å²) in [4.78, 5) is 2.65. The van der Waals surface area contributed by atoms with Gasteiger partial charge in [0.15, 0.2) is 0 Å². The van der Waals surface area contributed by atoms with Crippen LogP contribution in [0.5, 0.6) is 0 Å². The maximum atomic E-state index is 3.69. The predicted octanol–water partition coefficient (Wildman–Crippen LogP) is 3.53. The average Bonchev–Trinajstić information content (AvgIpc) is 2.45. The van der Waals surface area contributed by atoms with Gasteiger partial charge in [0.1, 0.15) is 0 Å². The Balaban J connectivity index is 1.83. The van der Waals surface area contributed by atoms with Crippen LogP contribution in [0.2, 0.25) is 0 Å². The van der Waals surface area contributed by atoms with Crippen LogP contribution >= 0.6 is 0 Å². The Morgan fingerprint density at radius 1 is 1.00 bits per heavy atom. The fourth-order valence-electron chi connectivity index (χ4n) is 3.76. The van der Waals surface area contributed by atoms with Crippen molar-refractivity contribution in [3.63, 3.8) is 0 Å². The third-order valence-electron chi connectivity index (χ3n) is 4.94. The van der Waals surface area contributed by atoms with Crippen molar-refractivity contribution in [1.29, 1.82) is 0 Å². The summed E-state index contributed by atoms with van der Waals surface area (Å²) in [5, 5.41) is 3.69. The molecule has 1 aromatic carbocycles. The Hall–Kier alpha value is -1.02. The van der Waals surface area contributed by atoms with Gasteiger partial charge >= 0.3 is 0 Å². The highest BCUT2D eigenvalue weighted by molar-refractivity contribution is 5.57. The minimum atomic E-state index is 0.632. The van der Waals surface area contributed by atoms with Crippen LogP contribution in [0, 0.1) is 0 Å². The van der Waals surface area contributed by atoms with Crippen LogP contribution in [0.3, 0.4) is 0 Å². The number of fused-ring (bicyclic) bond motifs is 1. The van der Waals surface area contributed by atoms with E-state index in [1.165, 1.54) is 57.3 Å². The summed E-state index contributed by atoms with van der Waals surface area (Å²) in [6, 6.07) is 8.23. The molecule has 110 valence electrons. The third-order valence-corrected chi connectivity index (χ3v) is 4.94. The molecule has 1 aliphatic heterocycles.